The zero-order valence-corrected chi connectivity index (χ0v) is 43.4. The molecule has 2 aliphatic carbocycles. The zero-order chi connectivity index (χ0) is 53.0. The first-order valence-corrected chi connectivity index (χ1v) is 26.8. The van der Waals surface area contributed by atoms with E-state index in [0.717, 1.165) is 5.56 Å². The first-order chi connectivity index (χ1) is 34.5. The molecule has 73 heavy (non-hydrogen) atoms. The van der Waals surface area contributed by atoms with E-state index in [1.807, 2.05) is 13.8 Å². The number of ketones is 2. The lowest BCUT2D eigenvalue weighted by Gasteiger charge is -2.33. The Balaban J connectivity index is 0.000000214. The summed E-state index contributed by atoms with van der Waals surface area (Å²) in [6.45, 7) is 10.4. The number of sulfone groups is 2. The van der Waals surface area contributed by atoms with E-state index in [2.05, 4.69) is 35.9 Å². The van der Waals surface area contributed by atoms with Gasteiger partial charge in [0.25, 0.3) is 0 Å². The van der Waals surface area contributed by atoms with Gasteiger partial charge >= 0.3 is 5.88 Å². The monoisotopic (exact) mass is 1030 g/mol. The number of methoxy groups -OCH3 is 2. The Hall–Kier alpha value is -7.52. The maximum Gasteiger partial charge on any atom is 0.449 e. The van der Waals surface area contributed by atoms with E-state index in [-0.39, 0.29) is 63.4 Å². The first kappa shape index (κ1) is 53.3. The smallest absolute Gasteiger partial charge is 0.449 e. The molecule has 19 nitrogen and oxygen atoms in total. The number of nitrogens with one attached hydrogen (secondary N) is 3. The summed E-state index contributed by atoms with van der Waals surface area (Å²) in [5.74, 6) is 0.403. The highest BCUT2D eigenvalue weighted by Crippen LogP contribution is 2.40. The van der Waals surface area contributed by atoms with E-state index in [4.69, 9.17) is 9.47 Å². The van der Waals surface area contributed by atoms with Gasteiger partial charge in [0.1, 0.15) is 11.6 Å². The van der Waals surface area contributed by atoms with Crippen molar-refractivity contribution in [1.82, 2.24) is 25.3 Å². The highest BCUT2D eigenvalue weighted by Gasteiger charge is 2.45. The summed E-state index contributed by atoms with van der Waals surface area (Å²) in [5, 5.41) is 16.5. The number of hydrogen-bond donors (Lipinski definition) is 3. The molecule has 2 aromatic carbocycles. The number of fused-ring (bicyclic) bond motifs is 2. The van der Waals surface area contributed by atoms with E-state index in [0.29, 0.717) is 98.3 Å². The molecule has 382 valence electrons. The summed E-state index contributed by atoms with van der Waals surface area (Å²) in [6.07, 6.45) is 2.08. The molecular formula is C52H57N8O11S2+. The zero-order valence-electron chi connectivity index (χ0n) is 41.8. The number of hydrogen-bond acceptors (Lipinski definition) is 15. The molecule has 8 rings (SSSR count). The number of pyridine rings is 2. The second-order valence-corrected chi connectivity index (χ2v) is 22.9. The van der Waals surface area contributed by atoms with Crippen molar-refractivity contribution >= 4 is 54.7 Å². The standard InChI is InChI=1S/C26H28N4O6S.C26H28N4O5S/c1-5-37(34,35)18-8-6-17(7-9-18)15-22(31)28-21-14-16(2)24-19(27-21)12-13-26(3,25(24)32)20-10-11-23(36-4)30(33)29-20;1-5-36(33,34)18-8-6-17(7-9-18)15-22(31)28-21-14-16(2)24-19(27-21)12-13-26(3,25(24)32)20-10-11-23(35-4)30-29-20/h6-11,14H,5,12-13,15H2,1-4H3,(H-,27,28,29,31,32,33);6-11,14H,5,12-13,15H2,1-4H3,(H,27,28,31)/p+1. The number of ether oxygens (including phenoxy) is 2. The fourth-order valence-corrected chi connectivity index (χ4v) is 10.7. The number of aromatic nitrogens is 6. The van der Waals surface area contributed by atoms with Gasteiger partial charge in [-0.3, -0.25) is 19.2 Å². The Labute approximate surface area is 423 Å². The summed E-state index contributed by atoms with van der Waals surface area (Å²) in [6, 6.07) is 22.5. The largest absolute Gasteiger partial charge is 0.480 e. The molecule has 2 aliphatic rings. The predicted molar refractivity (Wildman–Crippen MR) is 270 cm³/mol. The van der Waals surface area contributed by atoms with Gasteiger partial charge in [-0.05, 0) is 124 Å². The molecule has 0 spiro atoms. The summed E-state index contributed by atoms with van der Waals surface area (Å²) < 4.78 is 58.4. The van der Waals surface area contributed by atoms with Crippen molar-refractivity contribution in [1.29, 1.82) is 0 Å². The molecule has 4 aromatic heterocycles. The fourth-order valence-electron chi connectivity index (χ4n) is 8.92. The predicted octanol–water partition coefficient (Wildman–Crippen LogP) is 5.95. The van der Waals surface area contributed by atoms with Crippen LogP contribution >= 0.6 is 0 Å². The molecule has 0 saturated carbocycles. The van der Waals surface area contributed by atoms with Crippen LogP contribution in [0.2, 0.25) is 0 Å². The molecule has 0 bridgehead atoms. The van der Waals surface area contributed by atoms with Crippen LogP contribution in [0, 0.1) is 18.8 Å². The van der Waals surface area contributed by atoms with E-state index in [9.17, 15) is 40.9 Å². The van der Waals surface area contributed by atoms with Crippen molar-refractivity contribution in [2.24, 2.45) is 0 Å². The number of rotatable bonds is 14. The summed E-state index contributed by atoms with van der Waals surface area (Å²) >= 11 is 0. The molecule has 0 fully saturated rings. The summed E-state index contributed by atoms with van der Waals surface area (Å²) in [7, 11) is -3.69. The number of amides is 2. The molecule has 2 unspecified atom stereocenters. The number of anilines is 2. The number of carbonyl (C=O) groups is 4. The minimum Gasteiger partial charge on any atom is -0.480 e. The normalized spacial score (nSPS) is 17.3. The number of aryl methyl sites for hydroxylation is 4. The third-order valence-corrected chi connectivity index (χ3v) is 16.9. The molecule has 0 radical (unpaired) electrons. The molecule has 2 atom stereocenters. The molecule has 6 aromatic rings. The Morgan fingerprint density at radius 2 is 1.12 bits per heavy atom. The number of Topliss-reactive ketones (excluding diaryl/α,β-unsaturated/α-hetero) is 2. The van der Waals surface area contributed by atoms with Crippen LogP contribution in [0.5, 0.6) is 11.8 Å². The van der Waals surface area contributed by atoms with Crippen molar-refractivity contribution in [2.45, 2.75) is 101 Å². The van der Waals surface area contributed by atoms with E-state index >= 15 is 0 Å². The molecule has 21 heteroatoms. The third kappa shape index (κ3) is 11.3. The Kier molecular flexibility index (Phi) is 15.5. The topological polar surface area (TPSA) is 269 Å². The second kappa shape index (κ2) is 21.3. The SMILES string of the molecule is CCS(=O)(=O)c1ccc(CC(=O)Nc2cc(C)c3c(n2)CCC(C)(c2ccc(OC)[n+](=O)[nH]2)C3=O)cc1.CCS(=O)(=O)c1ccc(CC(=O)Nc2cc(C)c3c(n2)CCC(C)(c2ccc(OC)nn2)C3=O)cc1. The second-order valence-electron chi connectivity index (χ2n) is 18.3. The van der Waals surface area contributed by atoms with E-state index < -0.39 is 30.5 Å². The number of nitrogens with zero attached hydrogens (tertiary/aromatic N) is 5. The summed E-state index contributed by atoms with van der Waals surface area (Å²) in [5.41, 5.74) is 4.30. The number of aromatic amines is 1. The summed E-state index contributed by atoms with van der Waals surface area (Å²) in [4.78, 5) is 74.2. The van der Waals surface area contributed by atoms with Crippen LogP contribution < -0.4 is 24.6 Å². The Bertz CT molecular complexity index is 3420. The molecule has 3 N–H and O–H groups in total. The van der Waals surface area contributed by atoms with Crippen LogP contribution in [0.15, 0.2) is 94.7 Å². The average molecular weight is 1030 g/mol. The van der Waals surface area contributed by atoms with Gasteiger partial charge < -0.3 is 20.1 Å². The van der Waals surface area contributed by atoms with Gasteiger partial charge in [-0.2, -0.15) is 5.10 Å². The number of benzene rings is 2. The van der Waals surface area contributed by atoms with Gasteiger partial charge in [0, 0.05) is 17.2 Å². The van der Waals surface area contributed by atoms with E-state index in [1.165, 1.54) is 44.6 Å². The molecule has 2 amide bonds. The lowest BCUT2D eigenvalue weighted by atomic mass is 9.70. The van der Waals surface area contributed by atoms with Crippen LogP contribution in [0.25, 0.3) is 0 Å². The van der Waals surface area contributed by atoms with Gasteiger partial charge in [-0.1, -0.05) is 38.1 Å². The van der Waals surface area contributed by atoms with Gasteiger partial charge in [0.15, 0.2) is 31.2 Å². The average Bonchev–Trinajstić information content (AvgIpc) is 3.36. The quantitative estimate of drug-likeness (QED) is 0.106. The highest BCUT2D eigenvalue weighted by atomic mass is 32.2. The molecule has 4 heterocycles. The van der Waals surface area contributed by atoms with Gasteiger partial charge in [0.05, 0.1) is 92.9 Å². The van der Waals surface area contributed by atoms with Crippen LogP contribution in [0.4, 0.5) is 11.6 Å². The van der Waals surface area contributed by atoms with Crippen molar-refractivity contribution in [3.8, 4) is 11.8 Å². The van der Waals surface area contributed by atoms with Crippen molar-refractivity contribution in [3.63, 3.8) is 0 Å². The van der Waals surface area contributed by atoms with Crippen molar-refractivity contribution < 1.29 is 50.0 Å². The maximum atomic E-state index is 13.6. The lowest BCUT2D eigenvalue weighted by Crippen LogP contribution is -2.41. The molecular weight excluding hydrogens is 977 g/mol. The first-order valence-electron chi connectivity index (χ1n) is 23.5. The van der Waals surface area contributed by atoms with Crippen LogP contribution in [-0.2, 0) is 65.8 Å². The third-order valence-electron chi connectivity index (χ3n) is 13.4. The van der Waals surface area contributed by atoms with Crippen LogP contribution in [0.3, 0.4) is 0 Å². The van der Waals surface area contributed by atoms with Gasteiger partial charge in [-0.25, -0.2) is 26.8 Å². The maximum absolute atomic E-state index is 13.6. The Morgan fingerprint density at radius 1 is 0.658 bits per heavy atom. The van der Waals surface area contributed by atoms with Crippen molar-refractivity contribution in [3.05, 3.63) is 146 Å². The number of carbonyl (C=O) groups excluding carboxylic acids is 4. The minimum absolute atomic E-state index is 0.00876. The van der Waals surface area contributed by atoms with Crippen molar-refractivity contribution in [2.75, 3.05) is 36.4 Å². The van der Waals surface area contributed by atoms with E-state index in [1.54, 1.807) is 82.3 Å². The minimum atomic E-state index is -3.30. The number of H-pyrrole nitrogens is 1. The van der Waals surface area contributed by atoms with Crippen LogP contribution in [-0.4, -0.2) is 91.2 Å². The van der Waals surface area contributed by atoms with Gasteiger partial charge in [0.2, 0.25) is 22.2 Å². The highest BCUT2D eigenvalue weighted by molar-refractivity contribution is 7.91. The Morgan fingerprint density at radius 3 is 1.53 bits per heavy atom. The lowest BCUT2D eigenvalue weighted by molar-refractivity contribution is -0.573. The fraction of sp³-hybridized carbons (Fsp3) is 0.346. The van der Waals surface area contributed by atoms with Gasteiger partial charge in [-0.15, -0.1) is 10.2 Å². The van der Waals surface area contributed by atoms with Crippen LogP contribution in [0.1, 0.15) is 106 Å². The molecule has 0 aliphatic heterocycles. The molecule has 0 saturated heterocycles.